The van der Waals surface area contributed by atoms with E-state index >= 15 is 0 Å². The summed E-state index contributed by atoms with van der Waals surface area (Å²) in [4.78, 5) is 45.8. The number of carbonyl (C=O) groups is 2. The molecule has 0 radical (unpaired) electrons. The Kier molecular flexibility index (Phi) is 17.0. The lowest BCUT2D eigenvalue weighted by atomic mass is 10.1. The van der Waals surface area contributed by atoms with Gasteiger partial charge < -0.3 is 50.8 Å². The Morgan fingerprint density at radius 1 is 0.563 bits per heavy atom. The van der Waals surface area contributed by atoms with Gasteiger partial charge in [-0.1, -0.05) is 50.2 Å². The number of primary amides is 2. The van der Waals surface area contributed by atoms with Crippen LogP contribution in [0.4, 0.5) is 34.1 Å². The highest BCUT2D eigenvalue weighted by molar-refractivity contribution is 6.09. The number of pyridine rings is 4. The highest BCUT2D eigenvalue weighted by Crippen LogP contribution is 2.39. The largest absolute Gasteiger partial charge is 0.493 e. The lowest BCUT2D eigenvalue weighted by Gasteiger charge is -2.20. The number of nitrogens with one attached hydrogen (secondary N) is 2. The zero-order chi connectivity index (χ0) is 50.3. The third kappa shape index (κ3) is 12.3. The van der Waals surface area contributed by atoms with Crippen molar-refractivity contribution in [3.63, 3.8) is 0 Å². The summed E-state index contributed by atoms with van der Waals surface area (Å²) in [6, 6.07) is 31.1. The standard InChI is InChI=1S/C28H31N5O3.C27H29N5O3/c1-4-19-8-5-6-9-23(19)32-27-21-16-25(35-3)26(17-24(21)31-18-22(27)28(29)34)36-15-7-14-33(2)20-10-12-30-13-11-20;1-4-18-7-5-6-8-22(18)31-26-20-15-24(34-3)25(16-23(20)30-17-21(26)27(28)33)35-14-13-32(2)19-9-11-29-12-10-19/h5-6,8-13,16-18H,4,7,14-15H2,1-3H3,(H2,29,34)(H,31,32);5-12,15-17H,4,13-14H2,1-3H3,(H2,28,33)(H,30,31). The molecule has 0 saturated heterocycles. The number of hydrogen-bond donors (Lipinski definition) is 4. The third-order valence-electron chi connectivity index (χ3n) is 11.9. The second-order valence-electron chi connectivity index (χ2n) is 16.4. The zero-order valence-electron chi connectivity index (χ0n) is 40.9. The van der Waals surface area contributed by atoms with E-state index in [4.69, 9.17) is 30.4 Å². The first kappa shape index (κ1) is 50.2. The van der Waals surface area contributed by atoms with Crippen LogP contribution in [0, 0.1) is 0 Å². The van der Waals surface area contributed by atoms with E-state index in [2.05, 4.69) is 54.2 Å². The van der Waals surface area contributed by atoms with Gasteiger partial charge in [-0.3, -0.25) is 29.5 Å². The fraction of sp³-hybridized carbons (Fsp3) is 0.236. The Bertz CT molecular complexity index is 3090. The molecule has 0 aliphatic rings. The first-order chi connectivity index (χ1) is 34.5. The molecule has 2 amide bonds. The molecule has 0 spiro atoms. The van der Waals surface area contributed by atoms with E-state index in [1.54, 1.807) is 39.0 Å². The first-order valence-corrected chi connectivity index (χ1v) is 23.3. The summed E-state index contributed by atoms with van der Waals surface area (Å²) < 4.78 is 23.4. The number of amides is 2. The van der Waals surface area contributed by atoms with Crippen molar-refractivity contribution in [3.05, 3.63) is 156 Å². The van der Waals surface area contributed by atoms with Crippen LogP contribution in [-0.4, -0.2) is 86.4 Å². The van der Waals surface area contributed by atoms with Crippen LogP contribution in [0.25, 0.3) is 21.8 Å². The SMILES string of the molecule is CCc1ccccc1Nc1c(C(N)=O)cnc2cc(OCCCN(C)c3ccncc3)c(OC)cc12.CCc1ccccc1Nc1c(C(N)=O)cnc2cc(OCCN(C)c3ccncc3)c(OC)cc12. The van der Waals surface area contributed by atoms with Crippen LogP contribution < -0.4 is 50.8 Å². The average Bonchev–Trinajstić information content (AvgIpc) is 3.40. The molecule has 0 unspecified atom stereocenters. The predicted molar refractivity (Wildman–Crippen MR) is 282 cm³/mol. The fourth-order valence-electron chi connectivity index (χ4n) is 7.99. The predicted octanol–water partition coefficient (Wildman–Crippen LogP) is 9.51. The minimum atomic E-state index is -0.561. The molecule has 4 heterocycles. The number of methoxy groups -OCH3 is 2. The van der Waals surface area contributed by atoms with Gasteiger partial charge in [-0.2, -0.15) is 0 Å². The van der Waals surface area contributed by atoms with E-state index in [1.165, 1.54) is 12.4 Å². The Morgan fingerprint density at radius 2 is 0.986 bits per heavy atom. The van der Waals surface area contributed by atoms with Crippen LogP contribution in [0.2, 0.25) is 0 Å². The first-order valence-electron chi connectivity index (χ1n) is 23.3. The molecule has 0 aliphatic carbocycles. The number of rotatable bonds is 21. The molecule has 8 rings (SSSR count). The normalized spacial score (nSPS) is 10.7. The van der Waals surface area contributed by atoms with E-state index in [0.29, 0.717) is 81.7 Å². The van der Waals surface area contributed by atoms with E-state index in [-0.39, 0.29) is 0 Å². The Morgan fingerprint density at radius 3 is 1.41 bits per heavy atom. The molecule has 4 aromatic heterocycles. The maximum Gasteiger partial charge on any atom is 0.252 e. The number of hydrogen-bond acceptors (Lipinski definition) is 14. The van der Waals surface area contributed by atoms with Gasteiger partial charge in [-0.05, 0) is 78.9 Å². The smallest absolute Gasteiger partial charge is 0.252 e. The van der Waals surface area contributed by atoms with E-state index in [1.807, 2.05) is 111 Å². The van der Waals surface area contributed by atoms with Crippen LogP contribution in [0.3, 0.4) is 0 Å². The molecule has 0 aliphatic heterocycles. The molecule has 8 aromatic rings. The van der Waals surface area contributed by atoms with Crippen molar-refractivity contribution >= 4 is 67.7 Å². The van der Waals surface area contributed by atoms with Gasteiger partial charge in [0.1, 0.15) is 6.61 Å². The van der Waals surface area contributed by atoms with Crippen molar-refractivity contribution in [2.24, 2.45) is 11.5 Å². The Labute approximate surface area is 414 Å². The van der Waals surface area contributed by atoms with Crippen molar-refractivity contribution in [1.82, 2.24) is 19.9 Å². The molecule has 0 bridgehead atoms. The summed E-state index contributed by atoms with van der Waals surface area (Å²) in [6.45, 7) is 6.60. The molecule has 16 nitrogen and oxygen atoms in total. The number of benzene rings is 4. The number of anilines is 6. The van der Waals surface area contributed by atoms with Gasteiger partial charge in [0.05, 0.1) is 60.9 Å². The Balaban J connectivity index is 0.000000209. The molecule has 71 heavy (non-hydrogen) atoms. The van der Waals surface area contributed by atoms with Gasteiger partial charge in [0.25, 0.3) is 11.8 Å². The number of nitrogens with two attached hydrogens (primary N) is 2. The van der Waals surface area contributed by atoms with Crippen molar-refractivity contribution < 1.29 is 28.5 Å². The van der Waals surface area contributed by atoms with Gasteiger partial charge in [-0.15, -0.1) is 0 Å². The van der Waals surface area contributed by atoms with Gasteiger partial charge in [0.2, 0.25) is 0 Å². The summed E-state index contributed by atoms with van der Waals surface area (Å²) in [6.07, 6.45) is 12.6. The summed E-state index contributed by atoms with van der Waals surface area (Å²) in [5.41, 5.74) is 20.7. The van der Waals surface area contributed by atoms with Gasteiger partial charge in [0, 0.05) is 103 Å². The zero-order valence-corrected chi connectivity index (χ0v) is 40.9. The number of nitrogens with zero attached hydrogens (tertiary/aromatic N) is 6. The lowest BCUT2D eigenvalue weighted by Crippen LogP contribution is -2.23. The average molecular weight is 957 g/mol. The quantitative estimate of drug-likeness (QED) is 0.0496. The monoisotopic (exact) mass is 956 g/mol. The van der Waals surface area contributed by atoms with Crippen LogP contribution in [0.5, 0.6) is 23.0 Å². The van der Waals surface area contributed by atoms with E-state index in [0.717, 1.165) is 65.1 Å². The van der Waals surface area contributed by atoms with Crippen molar-refractivity contribution in [1.29, 1.82) is 0 Å². The topological polar surface area (TPSA) is 205 Å². The van der Waals surface area contributed by atoms with Gasteiger partial charge in [-0.25, -0.2) is 0 Å². The van der Waals surface area contributed by atoms with Crippen LogP contribution in [-0.2, 0) is 12.8 Å². The number of carbonyl (C=O) groups excluding carboxylic acids is 2. The molecular formula is C55H60N10O6. The molecular weight excluding hydrogens is 897 g/mol. The maximum absolute atomic E-state index is 12.2. The second kappa shape index (κ2) is 24.1. The molecule has 366 valence electrons. The van der Waals surface area contributed by atoms with Crippen LogP contribution in [0.15, 0.2) is 134 Å². The van der Waals surface area contributed by atoms with Crippen molar-refractivity contribution in [2.45, 2.75) is 33.1 Å². The summed E-state index contributed by atoms with van der Waals surface area (Å²) in [5.74, 6) is 1.14. The number of ether oxygens (including phenoxy) is 4. The van der Waals surface area contributed by atoms with Crippen molar-refractivity contribution in [3.8, 4) is 23.0 Å². The van der Waals surface area contributed by atoms with E-state index < -0.39 is 11.8 Å². The number of fused-ring (bicyclic) bond motifs is 2. The summed E-state index contributed by atoms with van der Waals surface area (Å²) in [7, 11) is 7.21. The summed E-state index contributed by atoms with van der Waals surface area (Å²) in [5, 5.41) is 8.27. The molecule has 4 aromatic carbocycles. The summed E-state index contributed by atoms with van der Waals surface area (Å²) >= 11 is 0. The number of aromatic nitrogens is 4. The number of para-hydroxylation sites is 2. The van der Waals surface area contributed by atoms with Crippen LogP contribution >= 0.6 is 0 Å². The molecule has 16 heteroatoms. The number of likely N-dealkylation sites (N-methyl/N-ethyl adjacent to an activating group) is 1. The molecule has 0 atom stereocenters. The molecule has 0 fully saturated rings. The van der Waals surface area contributed by atoms with Gasteiger partial charge in [0.15, 0.2) is 23.0 Å². The minimum Gasteiger partial charge on any atom is -0.493 e. The third-order valence-corrected chi connectivity index (χ3v) is 11.9. The lowest BCUT2D eigenvalue weighted by molar-refractivity contribution is 0.0992. The molecule has 0 saturated carbocycles. The minimum absolute atomic E-state index is 0.304. The maximum atomic E-state index is 12.2. The highest BCUT2D eigenvalue weighted by atomic mass is 16.5. The van der Waals surface area contributed by atoms with Gasteiger partial charge >= 0.3 is 0 Å². The second-order valence-corrected chi connectivity index (χ2v) is 16.4. The molecule has 6 N–H and O–H groups in total. The fourth-order valence-corrected chi connectivity index (χ4v) is 7.99. The Hall–Kier alpha value is -8.66. The van der Waals surface area contributed by atoms with E-state index in [9.17, 15) is 9.59 Å². The van der Waals surface area contributed by atoms with Crippen molar-refractivity contribution in [2.75, 3.05) is 75.1 Å². The van der Waals surface area contributed by atoms with Crippen LogP contribution in [0.1, 0.15) is 52.1 Å². The number of aryl methyl sites for hydroxylation is 2. The highest BCUT2D eigenvalue weighted by Gasteiger charge is 2.20.